The van der Waals surface area contributed by atoms with E-state index in [1.54, 1.807) is 6.92 Å². The van der Waals surface area contributed by atoms with Crippen molar-refractivity contribution in [3.05, 3.63) is 63.9 Å². The number of nitrogens with one attached hydrogen (secondary N) is 1. The van der Waals surface area contributed by atoms with Crippen LogP contribution in [0.25, 0.3) is 10.2 Å². The fourth-order valence-electron chi connectivity index (χ4n) is 3.69. The van der Waals surface area contributed by atoms with Crippen LogP contribution in [0, 0.1) is 6.92 Å². The number of pyridine rings is 1. The van der Waals surface area contributed by atoms with Gasteiger partial charge < -0.3 is 10.3 Å². The number of benzene rings is 1. The van der Waals surface area contributed by atoms with Gasteiger partial charge in [-0.3, -0.25) is 9.52 Å². The Morgan fingerprint density at radius 3 is 2.68 bits per heavy atom. The van der Waals surface area contributed by atoms with E-state index in [0.717, 1.165) is 35.2 Å². The molecule has 0 radical (unpaired) electrons. The average Bonchev–Trinajstić information content (AvgIpc) is 3.45. The minimum Gasteiger partial charge on any atom is -0.397 e. The molecular formula is C21H18N4O4S2. The van der Waals surface area contributed by atoms with Crippen molar-refractivity contribution in [3.63, 3.8) is 0 Å². The Kier molecular flexibility index (Phi) is 4.56. The molecule has 0 spiro atoms. The SMILES string of the molecule is Cc1cc(NS(=O)(=O)c2ccc(C(=O)c3sc4nc5c(cc4c3N)CCC5)cc2)no1. The van der Waals surface area contributed by atoms with E-state index in [2.05, 4.69) is 14.9 Å². The number of carbonyl (C=O) groups is 1. The number of carbonyl (C=O) groups excluding carboxylic acids is 1. The van der Waals surface area contributed by atoms with Crippen LogP contribution in [-0.2, 0) is 22.9 Å². The molecule has 0 unspecified atom stereocenters. The van der Waals surface area contributed by atoms with Crippen LogP contribution in [-0.4, -0.2) is 24.3 Å². The van der Waals surface area contributed by atoms with Gasteiger partial charge in [0.2, 0.25) is 5.78 Å². The Morgan fingerprint density at radius 1 is 1.19 bits per heavy atom. The zero-order chi connectivity index (χ0) is 21.8. The largest absolute Gasteiger partial charge is 0.397 e. The van der Waals surface area contributed by atoms with E-state index in [1.807, 2.05) is 6.07 Å². The summed E-state index contributed by atoms with van der Waals surface area (Å²) in [6, 6.07) is 9.21. The maximum atomic E-state index is 13.1. The molecule has 0 fully saturated rings. The van der Waals surface area contributed by atoms with Gasteiger partial charge in [-0.15, -0.1) is 11.3 Å². The summed E-state index contributed by atoms with van der Waals surface area (Å²) >= 11 is 1.27. The number of aryl methyl sites for hydroxylation is 3. The van der Waals surface area contributed by atoms with Crippen LogP contribution in [0.3, 0.4) is 0 Å². The topological polar surface area (TPSA) is 128 Å². The van der Waals surface area contributed by atoms with Crippen LogP contribution in [0.2, 0.25) is 0 Å². The van der Waals surface area contributed by atoms with Crippen molar-refractivity contribution in [2.75, 3.05) is 10.5 Å². The highest BCUT2D eigenvalue weighted by atomic mass is 32.2. The third kappa shape index (κ3) is 3.47. The molecule has 5 rings (SSSR count). The molecule has 158 valence electrons. The fraction of sp³-hybridized carbons (Fsp3) is 0.190. The molecule has 0 atom stereocenters. The molecule has 0 saturated carbocycles. The van der Waals surface area contributed by atoms with Crippen molar-refractivity contribution in [1.82, 2.24) is 10.1 Å². The molecule has 10 heteroatoms. The normalized spacial score (nSPS) is 13.5. The Balaban J connectivity index is 1.43. The van der Waals surface area contributed by atoms with Crippen LogP contribution in [0.1, 0.15) is 38.7 Å². The summed E-state index contributed by atoms with van der Waals surface area (Å²) < 4.78 is 32.3. The second-order valence-electron chi connectivity index (χ2n) is 7.43. The van der Waals surface area contributed by atoms with Crippen molar-refractivity contribution in [1.29, 1.82) is 0 Å². The molecule has 3 heterocycles. The Morgan fingerprint density at radius 2 is 1.97 bits per heavy atom. The predicted octanol–water partition coefficient (Wildman–Crippen LogP) is 3.70. The quantitative estimate of drug-likeness (QED) is 0.440. The molecule has 1 aliphatic carbocycles. The van der Waals surface area contributed by atoms with Crippen molar-refractivity contribution in [2.24, 2.45) is 0 Å². The molecule has 0 amide bonds. The molecular weight excluding hydrogens is 436 g/mol. The number of nitrogen functional groups attached to an aromatic ring is 1. The standard InChI is InChI=1S/C21H18N4O4S2/c1-11-9-17(24-29-11)25-31(27,28)14-7-5-12(6-8-14)19(26)20-18(22)15-10-13-3-2-4-16(13)23-21(15)30-20/h5-10H,2-4,22H2,1H3,(H,24,25). The van der Waals surface area contributed by atoms with Gasteiger partial charge in [0.15, 0.2) is 5.82 Å². The van der Waals surface area contributed by atoms with Gasteiger partial charge in [-0.1, -0.05) is 5.16 Å². The first-order valence-corrected chi connectivity index (χ1v) is 11.9. The summed E-state index contributed by atoms with van der Waals surface area (Å²) in [7, 11) is -3.86. The number of fused-ring (bicyclic) bond motifs is 2. The van der Waals surface area contributed by atoms with E-state index in [4.69, 9.17) is 10.3 Å². The molecule has 3 N–H and O–H groups in total. The first-order valence-electron chi connectivity index (χ1n) is 9.63. The highest BCUT2D eigenvalue weighted by Gasteiger charge is 2.23. The first-order chi connectivity index (χ1) is 14.8. The van der Waals surface area contributed by atoms with E-state index < -0.39 is 10.0 Å². The van der Waals surface area contributed by atoms with Gasteiger partial charge in [0, 0.05) is 22.7 Å². The third-order valence-corrected chi connectivity index (χ3v) is 7.73. The van der Waals surface area contributed by atoms with Crippen molar-refractivity contribution in [2.45, 2.75) is 31.1 Å². The van der Waals surface area contributed by atoms with Gasteiger partial charge in [-0.25, -0.2) is 13.4 Å². The number of rotatable bonds is 5. The summed E-state index contributed by atoms with van der Waals surface area (Å²) in [6.07, 6.45) is 3.02. The van der Waals surface area contributed by atoms with Gasteiger partial charge >= 0.3 is 0 Å². The summed E-state index contributed by atoms with van der Waals surface area (Å²) in [4.78, 5) is 18.9. The number of hydrogen-bond acceptors (Lipinski definition) is 8. The van der Waals surface area contributed by atoms with Crippen molar-refractivity contribution >= 4 is 48.9 Å². The minimum atomic E-state index is -3.86. The van der Waals surface area contributed by atoms with E-state index >= 15 is 0 Å². The van der Waals surface area contributed by atoms with E-state index in [1.165, 1.54) is 47.2 Å². The van der Waals surface area contributed by atoms with E-state index in [9.17, 15) is 13.2 Å². The van der Waals surface area contributed by atoms with Crippen molar-refractivity contribution < 1.29 is 17.7 Å². The predicted molar refractivity (Wildman–Crippen MR) is 118 cm³/mol. The van der Waals surface area contributed by atoms with Crippen LogP contribution < -0.4 is 10.5 Å². The number of aromatic nitrogens is 2. The zero-order valence-electron chi connectivity index (χ0n) is 16.5. The van der Waals surface area contributed by atoms with Gasteiger partial charge in [0.05, 0.1) is 10.6 Å². The molecule has 0 bridgehead atoms. The Hall–Kier alpha value is -3.24. The molecule has 0 saturated heterocycles. The van der Waals surface area contributed by atoms with Gasteiger partial charge in [-0.2, -0.15) is 0 Å². The Labute approximate surface area is 182 Å². The van der Waals surface area contributed by atoms with Gasteiger partial charge in [-0.05, 0) is 62.1 Å². The average molecular weight is 455 g/mol. The molecule has 1 aromatic carbocycles. The molecule has 0 aliphatic heterocycles. The monoisotopic (exact) mass is 454 g/mol. The van der Waals surface area contributed by atoms with Crippen LogP contribution >= 0.6 is 11.3 Å². The second kappa shape index (κ2) is 7.17. The van der Waals surface area contributed by atoms with Gasteiger partial charge in [0.25, 0.3) is 10.0 Å². The number of ketones is 1. The number of sulfonamides is 1. The van der Waals surface area contributed by atoms with Crippen LogP contribution in [0.15, 0.2) is 45.8 Å². The lowest BCUT2D eigenvalue weighted by atomic mass is 10.1. The molecule has 31 heavy (non-hydrogen) atoms. The fourth-order valence-corrected chi connectivity index (χ4v) is 5.74. The highest BCUT2D eigenvalue weighted by molar-refractivity contribution is 7.92. The lowest BCUT2D eigenvalue weighted by molar-refractivity contribution is 0.104. The lowest BCUT2D eigenvalue weighted by Gasteiger charge is -2.06. The third-order valence-electron chi connectivity index (χ3n) is 5.25. The van der Waals surface area contributed by atoms with E-state index in [0.29, 0.717) is 21.9 Å². The maximum absolute atomic E-state index is 13.1. The number of hydrogen-bond donors (Lipinski definition) is 2. The molecule has 8 nitrogen and oxygen atoms in total. The second-order valence-corrected chi connectivity index (χ2v) is 10.1. The lowest BCUT2D eigenvalue weighted by Crippen LogP contribution is -2.13. The molecule has 4 aromatic rings. The highest BCUT2D eigenvalue weighted by Crippen LogP contribution is 2.37. The maximum Gasteiger partial charge on any atom is 0.263 e. The number of anilines is 2. The van der Waals surface area contributed by atoms with Crippen molar-refractivity contribution in [3.8, 4) is 0 Å². The summed E-state index contributed by atoms with van der Waals surface area (Å²) in [6.45, 7) is 1.66. The summed E-state index contributed by atoms with van der Waals surface area (Å²) in [5.74, 6) is 0.319. The zero-order valence-corrected chi connectivity index (χ0v) is 18.1. The number of thiophene rings is 1. The summed E-state index contributed by atoms with van der Waals surface area (Å²) in [5, 5.41) is 4.43. The minimum absolute atomic E-state index is 0.00658. The molecule has 3 aromatic heterocycles. The summed E-state index contributed by atoms with van der Waals surface area (Å²) in [5.41, 5.74) is 9.33. The Bertz CT molecular complexity index is 1440. The van der Waals surface area contributed by atoms with Crippen LogP contribution in [0.4, 0.5) is 11.5 Å². The number of nitrogens with two attached hydrogens (primary N) is 1. The van der Waals surface area contributed by atoms with Gasteiger partial charge in [0.1, 0.15) is 15.5 Å². The number of nitrogens with zero attached hydrogens (tertiary/aromatic N) is 2. The molecule has 1 aliphatic rings. The first kappa shape index (κ1) is 19.7. The van der Waals surface area contributed by atoms with E-state index in [-0.39, 0.29) is 16.5 Å². The van der Waals surface area contributed by atoms with Crippen LogP contribution in [0.5, 0.6) is 0 Å². The smallest absolute Gasteiger partial charge is 0.263 e.